The summed E-state index contributed by atoms with van der Waals surface area (Å²) in [5.41, 5.74) is 1.05. The van der Waals surface area contributed by atoms with Crippen molar-refractivity contribution in [2.24, 2.45) is 0 Å². The highest BCUT2D eigenvalue weighted by molar-refractivity contribution is 7.84. The van der Waals surface area contributed by atoms with Crippen LogP contribution in [0.2, 0.25) is 0 Å². The molecule has 2 aliphatic rings. The van der Waals surface area contributed by atoms with Gasteiger partial charge < -0.3 is 19.6 Å². The van der Waals surface area contributed by atoms with Crippen LogP contribution < -0.4 is 10.1 Å². The lowest BCUT2D eigenvalue weighted by molar-refractivity contribution is -0.156. The number of esters is 1. The van der Waals surface area contributed by atoms with Crippen molar-refractivity contribution in [1.29, 1.82) is 0 Å². The molecule has 0 radical (unpaired) electrons. The monoisotopic (exact) mass is 505 g/mol. The van der Waals surface area contributed by atoms with E-state index >= 15 is 0 Å². The molecule has 4 unspecified atom stereocenters. The van der Waals surface area contributed by atoms with E-state index in [1.54, 1.807) is 31.2 Å². The van der Waals surface area contributed by atoms with Crippen LogP contribution in [-0.2, 0) is 46.3 Å². The fourth-order valence-electron chi connectivity index (χ4n) is 3.89. The van der Waals surface area contributed by atoms with Crippen LogP contribution in [-0.4, -0.2) is 68.1 Å². The van der Waals surface area contributed by atoms with E-state index in [-0.39, 0.29) is 32.3 Å². The number of hydrogen-bond donors (Lipinski definition) is 1. The molecule has 1 aromatic carbocycles. The summed E-state index contributed by atoms with van der Waals surface area (Å²) in [6.45, 7) is 5.38. The molecule has 2 saturated heterocycles. The first-order valence-electron chi connectivity index (χ1n) is 10.9. The van der Waals surface area contributed by atoms with Crippen LogP contribution in [0, 0.1) is 0 Å². The predicted molar refractivity (Wildman–Crippen MR) is 123 cm³/mol. The molecule has 11 nitrogen and oxygen atoms in total. The van der Waals surface area contributed by atoms with Crippen LogP contribution in [0.15, 0.2) is 36.4 Å². The van der Waals surface area contributed by atoms with E-state index in [2.05, 4.69) is 11.9 Å². The zero-order valence-electron chi connectivity index (χ0n) is 19.4. The Labute approximate surface area is 205 Å². The Balaban J connectivity index is 1.81. The lowest BCUT2D eigenvalue weighted by Gasteiger charge is -2.51. The van der Waals surface area contributed by atoms with Crippen molar-refractivity contribution in [3.8, 4) is 5.75 Å². The van der Waals surface area contributed by atoms with Crippen LogP contribution in [0.3, 0.4) is 0 Å². The number of benzene rings is 1. The number of ether oxygens (including phenoxy) is 2. The van der Waals surface area contributed by atoms with Crippen LogP contribution >= 0.6 is 0 Å². The number of imide groups is 1. The molecule has 0 spiro atoms. The Morgan fingerprint density at radius 3 is 2.40 bits per heavy atom. The molecule has 188 valence electrons. The lowest BCUT2D eigenvalue weighted by atomic mass is 10.0. The molecule has 35 heavy (non-hydrogen) atoms. The summed E-state index contributed by atoms with van der Waals surface area (Å²) in [6.07, 6.45) is -0.714. The Kier molecular flexibility index (Phi) is 8.52. The van der Waals surface area contributed by atoms with Crippen LogP contribution in [0.4, 0.5) is 0 Å². The van der Waals surface area contributed by atoms with Crippen LogP contribution in [0.5, 0.6) is 5.75 Å². The number of nitrogens with zero attached hydrogens (tertiary/aromatic N) is 2. The van der Waals surface area contributed by atoms with Gasteiger partial charge in [0, 0.05) is 19.3 Å². The third kappa shape index (κ3) is 5.82. The van der Waals surface area contributed by atoms with Gasteiger partial charge in [-0.25, -0.2) is 9.00 Å². The minimum atomic E-state index is -2.10. The van der Waals surface area contributed by atoms with Gasteiger partial charge >= 0.3 is 5.97 Å². The minimum absolute atomic E-state index is 0.0371. The summed E-state index contributed by atoms with van der Waals surface area (Å²) >= 11 is 0. The molecule has 1 N–H and O–H groups in total. The second-order valence-electron chi connectivity index (χ2n) is 8.15. The molecule has 0 bridgehead atoms. The molecule has 0 aromatic heterocycles. The summed E-state index contributed by atoms with van der Waals surface area (Å²) in [6, 6.07) is 5.78. The van der Waals surface area contributed by atoms with Crippen molar-refractivity contribution < 1.29 is 37.7 Å². The van der Waals surface area contributed by atoms with E-state index in [1.165, 1.54) is 12.0 Å². The summed E-state index contributed by atoms with van der Waals surface area (Å²) in [5.74, 6) is -1.76. The van der Waals surface area contributed by atoms with Crippen molar-refractivity contribution in [3.63, 3.8) is 0 Å². The quantitative estimate of drug-likeness (QED) is 0.150. The van der Waals surface area contributed by atoms with Gasteiger partial charge in [0.1, 0.15) is 41.0 Å². The largest absolute Gasteiger partial charge is 0.497 e. The number of aldehydes is 1. The highest BCUT2D eigenvalue weighted by Crippen LogP contribution is 2.35. The zero-order valence-corrected chi connectivity index (χ0v) is 20.2. The van der Waals surface area contributed by atoms with Crippen molar-refractivity contribution in [1.82, 2.24) is 14.5 Å². The average Bonchev–Trinajstić information content (AvgIpc) is 3.15. The molecule has 2 heterocycles. The van der Waals surface area contributed by atoms with Crippen LogP contribution in [0.1, 0.15) is 38.2 Å². The van der Waals surface area contributed by atoms with E-state index in [1.807, 2.05) is 0 Å². The standard InChI is InChI=1S/C23H27N3O8S/c1-14(2)22(23(31)34-13-15-4-6-16(33-3)7-5-15)25-17(24-18(28)10-11-27)12-21(25)35(32)26-19(29)8-9-20(26)30/h4-7,11,17,21-22H,1,8-10,12-13H2,2-3H3,(H,24,28). The average molecular weight is 506 g/mol. The van der Waals surface area contributed by atoms with Gasteiger partial charge in [0.05, 0.1) is 19.7 Å². The molecule has 0 aliphatic carbocycles. The van der Waals surface area contributed by atoms with Crippen molar-refractivity contribution in [3.05, 3.63) is 42.0 Å². The first kappa shape index (κ1) is 26.2. The summed E-state index contributed by atoms with van der Waals surface area (Å²) < 4.78 is 24.5. The highest BCUT2D eigenvalue weighted by atomic mass is 32.2. The Bertz CT molecular complexity index is 1040. The van der Waals surface area contributed by atoms with Crippen molar-refractivity contribution in [2.75, 3.05) is 7.11 Å². The first-order chi connectivity index (χ1) is 16.7. The number of nitrogens with one attached hydrogen (secondary N) is 1. The maximum absolute atomic E-state index is 13.2. The summed E-state index contributed by atoms with van der Waals surface area (Å²) in [7, 11) is -0.568. The van der Waals surface area contributed by atoms with E-state index in [0.29, 0.717) is 27.5 Å². The highest BCUT2D eigenvalue weighted by Gasteiger charge is 2.52. The van der Waals surface area contributed by atoms with Gasteiger partial charge in [-0.1, -0.05) is 24.3 Å². The third-order valence-electron chi connectivity index (χ3n) is 5.66. The number of carbonyl (C=O) groups excluding carboxylic acids is 5. The van der Waals surface area contributed by atoms with Gasteiger partial charge in [0.15, 0.2) is 0 Å². The van der Waals surface area contributed by atoms with E-state index in [9.17, 15) is 28.2 Å². The van der Waals surface area contributed by atoms with E-state index < -0.39 is 52.3 Å². The number of amides is 3. The minimum Gasteiger partial charge on any atom is -0.497 e. The van der Waals surface area contributed by atoms with Gasteiger partial charge in [-0.3, -0.25) is 19.3 Å². The predicted octanol–water partition coefficient (Wildman–Crippen LogP) is 0.559. The molecule has 4 atom stereocenters. The topological polar surface area (TPSA) is 139 Å². The van der Waals surface area contributed by atoms with E-state index in [0.717, 1.165) is 0 Å². The second-order valence-corrected chi connectivity index (χ2v) is 9.62. The van der Waals surface area contributed by atoms with Crippen molar-refractivity contribution in [2.45, 2.75) is 56.8 Å². The Morgan fingerprint density at radius 1 is 1.23 bits per heavy atom. The Morgan fingerprint density at radius 2 is 1.86 bits per heavy atom. The number of hydrogen-bond acceptors (Lipinski definition) is 9. The van der Waals surface area contributed by atoms with Gasteiger partial charge in [-0.2, -0.15) is 4.31 Å². The normalized spacial score (nSPS) is 21.6. The molecule has 2 fully saturated rings. The summed E-state index contributed by atoms with van der Waals surface area (Å²) in [5, 5.41) is 1.68. The molecule has 0 saturated carbocycles. The molecule has 3 rings (SSSR count). The third-order valence-corrected chi connectivity index (χ3v) is 7.33. The fraction of sp³-hybridized carbons (Fsp3) is 0.435. The van der Waals surface area contributed by atoms with Gasteiger partial charge in [0.25, 0.3) is 0 Å². The molecule has 12 heteroatoms. The second kappa shape index (κ2) is 11.4. The van der Waals surface area contributed by atoms with Crippen molar-refractivity contribution >= 4 is 41.0 Å². The smallest absolute Gasteiger partial charge is 0.328 e. The molecular weight excluding hydrogens is 478 g/mol. The number of methoxy groups -OCH3 is 1. The zero-order chi connectivity index (χ0) is 25.7. The SMILES string of the molecule is C=C(C)C(C(=O)OCc1ccc(OC)cc1)N1C(NC(=O)CC=O)CC1S(=O)N1C(=O)CCC1=O. The number of carbonyl (C=O) groups is 5. The van der Waals surface area contributed by atoms with Gasteiger partial charge in [-0.05, 0) is 24.6 Å². The summed E-state index contributed by atoms with van der Waals surface area (Å²) in [4.78, 5) is 61.6. The maximum Gasteiger partial charge on any atom is 0.328 e. The molecule has 3 amide bonds. The fourth-order valence-corrected chi connectivity index (χ4v) is 5.55. The first-order valence-corrected chi connectivity index (χ1v) is 12.1. The van der Waals surface area contributed by atoms with Crippen LogP contribution in [0.25, 0.3) is 0 Å². The Hall–Kier alpha value is -3.38. The molecular formula is C23H27N3O8S. The van der Waals surface area contributed by atoms with Gasteiger partial charge in [-0.15, -0.1) is 0 Å². The molecule has 1 aromatic rings. The number of likely N-dealkylation sites (tertiary alicyclic amines) is 1. The number of rotatable bonds is 11. The molecule has 2 aliphatic heterocycles. The van der Waals surface area contributed by atoms with E-state index in [4.69, 9.17) is 9.47 Å². The van der Waals surface area contributed by atoms with Gasteiger partial charge in [0.2, 0.25) is 17.7 Å². The lowest BCUT2D eigenvalue weighted by Crippen LogP contribution is -2.70. The maximum atomic E-state index is 13.2.